The number of thioether (sulfide) groups is 1. The molecule has 30 heavy (non-hydrogen) atoms. The SMILES string of the molecule is COc1ccc(NC(=O)C(Sc2nnnn2C2CCCCC2)c2ccccc2)cc1. The highest BCUT2D eigenvalue weighted by atomic mass is 32.2. The Labute approximate surface area is 180 Å². The Hall–Kier alpha value is -2.87. The molecule has 2 aromatic carbocycles. The molecule has 0 bridgehead atoms. The number of carbonyl (C=O) groups excluding carboxylic acids is 1. The van der Waals surface area contributed by atoms with E-state index in [1.54, 1.807) is 7.11 Å². The lowest BCUT2D eigenvalue weighted by molar-refractivity contribution is -0.115. The Morgan fingerprint density at radius 3 is 2.53 bits per heavy atom. The highest BCUT2D eigenvalue weighted by molar-refractivity contribution is 8.00. The maximum atomic E-state index is 13.2. The molecule has 0 saturated heterocycles. The fourth-order valence-corrected chi connectivity index (χ4v) is 4.75. The second-order valence-electron chi connectivity index (χ2n) is 7.32. The summed E-state index contributed by atoms with van der Waals surface area (Å²) >= 11 is 1.39. The molecule has 156 valence electrons. The Morgan fingerprint density at radius 2 is 1.83 bits per heavy atom. The number of nitrogens with zero attached hydrogens (tertiary/aromatic N) is 4. The molecule has 3 aromatic rings. The molecule has 8 heteroatoms. The lowest BCUT2D eigenvalue weighted by atomic mass is 9.96. The summed E-state index contributed by atoms with van der Waals surface area (Å²) in [5.74, 6) is 0.628. The highest BCUT2D eigenvalue weighted by Crippen LogP contribution is 2.38. The highest BCUT2D eigenvalue weighted by Gasteiger charge is 2.27. The normalized spacial score (nSPS) is 15.5. The monoisotopic (exact) mass is 423 g/mol. The topological polar surface area (TPSA) is 81.9 Å². The molecular formula is C22H25N5O2S. The molecule has 1 saturated carbocycles. The van der Waals surface area contributed by atoms with Crippen molar-refractivity contribution in [3.05, 3.63) is 60.2 Å². The van der Waals surface area contributed by atoms with Crippen LogP contribution in [0, 0.1) is 0 Å². The summed E-state index contributed by atoms with van der Waals surface area (Å²) in [6.45, 7) is 0. The van der Waals surface area contributed by atoms with Gasteiger partial charge in [-0.2, -0.15) is 0 Å². The third-order valence-corrected chi connectivity index (χ3v) is 6.51. The van der Waals surface area contributed by atoms with E-state index in [-0.39, 0.29) is 5.91 Å². The van der Waals surface area contributed by atoms with Gasteiger partial charge in [-0.3, -0.25) is 4.79 Å². The summed E-state index contributed by atoms with van der Waals surface area (Å²) in [4.78, 5) is 13.2. The summed E-state index contributed by atoms with van der Waals surface area (Å²) in [6.07, 6.45) is 5.79. The summed E-state index contributed by atoms with van der Waals surface area (Å²) in [5, 5.41) is 15.6. The van der Waals surface area contributed by atoms with Gasteiger partial charge in [-0.25, -0.2) is 4.68 Å². The fourth-order valence-electron chi connectivity index (χ4n) is 3.71. The number of ether oxygens (including phenoxy) is 1. The first kappa shape index (κ1) is 20.4. The van der Waals surface area contributed by atoms with Crippen LogP contribution in [-0.2, 0) is 4.79 Å². The van der Waals surface area contributed by atoms with E-state index in [0.29, 0.717) is 16.9 Å². The van der Waals surface area contributed by atoms with E-state index >= 15 is 0 Å². The minimum atomic E-state index is -0.471. The minimum absolute atomic E-state index is 0.116. The average Bonchev–Trinajstić information content (AvgIpc) is 3.27. The number of rotatable bonds is 7. The van der Waals surface area contributed by atoms with Gasteiger partial charge in [-0.05, 0) is 53.1 Å². The molecule has 0 spiro atoms. The van der Waals surface area contributed by atoms with Crippen LogP contribution in [0.15, 0.2) is 59.8 Å². The van der Waals surface area contributed by atoms with Crippen LogP contribution < -0.4 is 10.1 Å². The minimum Gasteiger partial charge on any atom is -0.497 e. The molecular weight excluding hydrogens is 398 g/mol. The van der Waals surface area contributed by atoms with Crippen molar-refractivity contribution in [3.8, 4) is 5.75 Å². The van der Waals surface area contributed by atoms with E-state index < -0.39 is 5.25 Å². The van der Waals surface area contributed by atoms with Crippen LogP contribution in [0.25, 0.3) is 0 Å². The van der Waals surface area contributed by atoms with E-state index in [1.807, 2.05) is 59.3 Å². The van der Waals surface area contributed by atoms with Crippen molar-refractivity contribution >= 4 is 23.4 Å². The number of anilines is 1. The summed E-state index contributed by atoms with van der Waals surface area (Å²) in [5.41, 5.74) is 1.63. The van der Waals surface area contributed by atoms with Gasteiger partial charge < -0.3 is 10.1 Å². The van der Waals surface area contributed by atoms with Crippen molar-refractivity contribution in [2.24, 2.45) is 0 Å². The van der Waals surface area contributed by atoms with Gasteiger partial charge in [0.05, 0.1) is 13.2 Å². The van der Waals surface area contributed by atoms with Crippen molar-refractivity contribution < 1.29 is 9.53 Å². The molecule has 1 heterocycles. The Bertz CT molecular complexity index is 955. The van der Waals surface area contributed by atoms with Crippen molar-refractivity contribution in [2.75, 3.05) is 12.4 Å². The second-order valence-corrected chi connectivity index (χ2v) is 8.40. The number of carbonyl (C=O) groups is 1. The molecule has 1 aliphatic carbocycles. The summed E-state index contributed by atoms with van der Waals surface area (Å²) in [7, 11) is 1.62. The molecule has 1 fully saturated rings. The Morgan fingerprint density at radius 1 is 1.10 bits per heavy atom. The maximum absolute atomic E-state index is 13.2. The molecule has 1 N–H and O–H groups in total. The molecule has 7 nitrogen and oxygen atoms in total. The molecule has 1 atom stereocenters. The molecule has 1 aliphatic rings. The molecule has 4 rings (SSSR count). The van der Waals surface area contributed by atoms with E-state index in [2.05, 4.69) is 20.8 Å². The van der Waals surface area contributed by atoms with Crippen LogP contribution in [-0.4, -0.2) is 33.2 Å². The Balaban J connectivity index is 1.56. The second kappa shape index (κ2) is 9.75. The van der Waals surface area contributed by atoms with Crippen molar-refractivity contribution in [3.63, 3.8) is 0 Å². The van der Waals surface area contributed by atoms with Crippen molar-refractivity contribution in [2.45, 2.75) is 48.6 Å². The maximum Gasteiger partial charge on any atom is 0.242 e. The Kier molecular flexibility index (Phi) is 6.63. The summed E-state index contributed by atoms with van der Waals surface area (Å²) in [6, 6.07) is 17.3. The lowest BCUT2D eigenvalue weighted by Crippen LogP contribution is -2.20. The van der Waals surface area contributed by atoms with E-state index in [0.717, 1.165) is 24.2 Å². The van der Waals surface area contributed by atoms with Crippen LogP contribution in [0.4, 0.5) is 5.69 Å². The van der Waals surface area contributed by atoms with Gasteiger partial charge in [-0.1, -0.05) is 61.4 Å². The summed E-state index contributed by atoms with van der Waals surface area (Å²) < 4.78 is 7.09. The van der Waals surface area contributed by atoms with Gasteiger partial charge in [0.25, 0.3) is 0 Å². The first-order valence-corrected chi connectivity index (χ1v) is 11.1. The van der Waals surface area contributed by atoms with Crippen LogP contribution in [0.5, 0.6) is 5.75 Å². The quantitative estimate of drug-likeness (QED) is 0.557. The van der Waals surface area contributed by atoms with E-state index in [1.165, 1.54) is 31.0 Å². The molecule has 0 aliphatic heterocycles. The van der Waals surface area contributed by atoms with Crippen LogP contribution in [0.3, 0.4) is 0 Å². The standard InChI is InChI=1S/C22H25N5O2S/c1-29-19-14-12-17(13-15-19)23-21(28)20(16-8-4-2-5-9-16)30-22-24-25-26-27(22)18-10-6-3-7-11-18/h2,4-5,8-9,12-15,18,20H,3,6-7,10-11H2,1H3,(H,23,28). The molecule has 1 amide bonds. The van der Waals surface area contributed by atoms with Crippen LogP contribution >= 0.6 is 11.8 Å². The van der Waals surface area contributed by atoms with Gasteiger partial charge >= 0.3 is 0 Å². The van der Waals surface area contributed by atoms with Gasteiger partial charge in [0.1, 0.15) is 11.0 Å². The van der Waals surface area contributed by atoms with Crippen LogP contribution in [0.1, 0.15) is 49.0 Å². The first-order chi connectivity index (χ1) is 14.7. The predicted molar refractivity (Wildman–Crippen MR) is 117 cm³/mol. The van der Waals surface area contributed by atoms with Gasteiger partial charge in [0.15, 0.2) is 0 Å². The zero-order valence-electron chi connectivity index (χ0n) is 16.9. The van der Waals surface area contributed by atoms with E-state index in [4.69, 9.17) is 4.74 Å². The largest absolute Gasteiger partial charge is 0.497 e. The number of benzene rings is 2. The number of nitrogens with one attached hydrogen (secondary N) is 1. The third-order valence-electron chi connectivity index (χ3n) is 5.30. The number of hydrogen-bond donors (Lipinski definition) is 1. The third kappa shape index (κ3) is 4.81. The van der Waals surface area contributed by atoms with E-state index in [9.17, 15) is 4.79 Å². The van der Waals surface area contributed by atoms with Gasteiger partial charge in [0.2, 0.25) is 11.1 Å². The molecule has 0 radical (unpaired) electrons. The molecule has 1 unspecified atom stereocenters. The number of amides is 1. The smallest absolute Gasteiger partial charge is 0.242 e. The number of aromatic nitrogens is 4. The van der Waals surface area contributed by atoms with Crippen molar-refractivity contribution in [1.82, 2.24) is 20.2 Å². The lowest BCUT2D eigenvalue weighted by Gasteiger charge is -2.23. The van der Waals surface area contributed by atoms with Crippen molar-refractivity contribution in [1.29, 1.82) is 0 Å². The van der Waals surface area contributed by atoms with Gasteiger partial charge in [-0.15, -0.1) is 5.10 Å². The fraction of sp³-hybridized carbons (Fsp3) is 0.364. The zero-order chi connectivity index (χ0) is 20.8. The average molecular weight is 424 g/mol. The molecule has 1 aromatic heterocycles. The van der Waals surface area contributed by atoms with Crippen LogP contribution in [0.2, 0.25) is 0 Å². The predicted octanol–water partition coefficient (Wildman–Crippen LogP) is 4.66. The number of methoxy groups -OCH3 is 1. The van der Waals surface area contributed by atoms with Gasteiger partial charge in [0, 0.05) is 5.69 Å². The number of tetrazole rings is 1. The zero-order valence-corrected chi connectivity index (χ0v) is 17.7. The first-order valence-electron chi connectivity index (χ1n) is 10.2. The number of hydrogen-bond acceptors (Lipinski definition) is 6.